The maximum atomic E-state index is 13.6. The van der Waals surface area contributed by atoms with Crippen molar-refractivity contribution >= 4 is 40.7 Å². The van der Waals surface area contributed by atoms with Crippen LogP contribution in [-0.2, 0) is 38.1 Å². The molecule has 15 N–H and O–H groups in total. The first kappa shape index (κ1) is 45.6. The van der Waals surface area contributed by atoms with Gasteiger partial charge in [-0.25, -0.2) is 4.98 Å². The second-order valence-corrected chi connectivity index (χ2v) is 14.5. The molecule has 0 bridgehead atoms. The number of H-pyrrole nitrogens is 1. The number of nitrogens with one attached hydrogen (secondary N) is 5. The van der Waals surface area contributed by atoms with Gasteiger partial charge in [0.25, 0.3) is 11.5 Å². The SMILES string of the molecule is CC(=O)N[C@H]1[C@H](OCC(=O)N[C@@H](CCCCNC(=O)[C@H]2O[C@@H](C)[C@@H](O)[C@@H](O)[C@@H]2O)C(=O)NC[C@H]2O[C@@H](n3cnc4c(=O)[nH]c(N)nc43)[C@H](O)[C@@H]2O)O[C@H](CO)[C@@H](O)[C@@H]1O. The van der Waals surface area contributed by atoms with E-state index in [-0.39, 0.29) is 42.9 Å². The molecule has 5 rings (SSSR count). The minimum Gasteiger partial charge on any atom is -0.394 e. The van der Waals surface area contributed by atoms with Gasteiger partial charge in [-0.2, -0.15) is 4.98 Å². The molecule has 3 fully saturated rings. The number of aromatic nitrogens is 4. The third-order valence-electron chi connectivity index (χ3n) is 10.2. The van der Waals surface area contributed by atoms with Crippen LogP contribution in [0.5, 0.6) is 0 Å². The lowest BCUT2D eigenvalue weighted by molar-refractivity contribution is -0.268. The highest BCUT2D eigenvalue weighted by Gasteiger charge is 2.47. The van der Waals surface area contributed by atoms with E-state index in [0.717, 1.165) is 13.3 Å². The number of aliphatic hydroxyl groups excluding tert-OH is 8. The first-order valence-corrected chi connectivity index (χ1v) is 18.7. The highest BCUT2D eigenvalue weighted by molar-refractivity contribution is 5.88. The monoisotopic (exact) mass is 845 g/mol. The highest BCUT2D eigenvalue weighted by Crippen LogP contribution is 2.31. The molecule has 0 saturated carbocycles. The van der Waals surface area contributed by atoms with Gasteiger partial charge in [0.2, 0.25) is 23.7 Å². The van der Waals surface area contributed by atoms with Crippen molar-refractivity contribution in [1.29, 1.82) is 0 Å². The lowest BCUT2D eigenvalue weighted by Crippen LogP contribution is -2.64. The molecular formula is C33H51N9O17. The molecule has 330 valence electrons. The Kier molecular flexibility index (Phi) is 15.3. The van der Waals surface area contributed by atoms with Crippen molar-refractivity contribution in [3.8, 4) is 0 Å². The van der Waals surface area contributed by atoms with Crippen LogP contribution in [0.2, 0.25) is 0 Å². The molecular weight excluding hydrogens is 794 g/mol. The van der Waals surface area contributed by atoms with Crippen LogP contribution in [0.15, 0.2) is 11.1 Å². The first-order valence-electron chi connectivity index (χ1n) is 18.7. The lowest BCUT2D eigenvalue weighted by atomic mass is 9.95. The van der Waals surface area contributed by atoms with Crippen LogP contribution >= 0.6 is 0 Å². The third-order valence-corrected chi connectivity index (χ3v) is 10.2. The van der Waals surface area contributed by atoms with E-state index in [2.05, 4.69) is 36.2 Å². The predicted molar refractivity (Wildman–Crippen MR) is 194 cm³/mol. The van der Waals surface area contributed by atoms with Crippen molar-refractivity contribution in [3.05, 3.63) is 16.7 Å². The van der Waals surface area contributed by atoms with Crippen molar-refractivity contribution in [3.63, 3.8) is 0 Å². The summed E-state index contributed by atoms with van der Waals surface area (Å²) in [5.41, 5.74) is 4.85. The first-order chi connectivity index (χ1) is 27.9. The summed E-state index contributed by atoms with van der Waals surface area (Å²) in [6.45, 7) is 0.624. The van der Waals surface area contributed by atoms with Gasteiger partial charge in [-0.3, -0.25) is 33.5 Å². The summed E-state index contributed by atoms with van der Waals surface area (Å²) in [6.07, 6.45) is -17.4. The summed E-state index contributed by atoms with van der Waals surface area (Å²) in [7, 11) is 0. The van der Waals surface area contributed by atoms with Crippen LogP contribution in [0.4, 0.5) is 5.95 Å². The Morgan fingerprint density at radius 3 is 2.34 bits per heavy atom. The Labute approximate surface area is 334 Å². The topological polar surface area (TPSA) is 405 Å². The van der Waals surface area contributed by atoms with Crippen LogP contribution < -0.4 is 32.6 Å². The smallest absolute Gasteiger partial charge is 0.280 e. The van der Waals surface area contributed by atoms with Crippen LogP contribution in [0.3, 0.4) is 0 Å². The van der Waals surface area contributed by atoms with E-state index in [0.29, 0.717) is 0 Å². The van der Waals surface area contributed by atoms with E-state index in [1.807, 2.05) is 0 Å². The molecule has 3 saturated heterocycles. The number of nitrogens with zero attached hydrogens (tertiary/aromatic N) is 3. The fourth-order valence-corrected chi connectivity index (χ4v) is 6.91. The number of hydrogen-bond acceptors (Lipinski definition) is 20. The van der Waals surface area contributed by atoms with Gasteiger partial charge >= 0.3 is 0 Å². The van der Waals surface area contributed by atoms with Gasteiger partial charge in [-0.05, 0) is 26.2 Å². The minimum atomic E-state index is -1.69. The number of aliphatic hydroxyl groups is 8. The Hall–Kier alpha value is -4.45. The Morgan fingerprint density at radius 1 is 0.932 bits per heavy atom. The molecule has 0 unspecified atom stereocenters. The average Bonchev–Trinajstić information content (AvgIpc) is 3.74. The molecule has 2 aromatic rings. The van der Waals surface area contributed by atoms with Crippen LogP contribution in [-0.4, -0.2) is 196 Å². The summed E-state index contributed by atoms with van der Waals surface area (Å²) < 4.78 is 23.3. The number of unbranched alkanes of at least 4 members (excludes halogenated alkanes) is 1. The van der Waals surface area contributed by atoms with Gasteiger partial charge in [0.1, 0.15) is 73.6 Å². The molecule has 3 aliphatic rings. The van der Waals surface area contributed by atoms with E-state index in [1.54, 1.807) is 0 Å². The minimum absolute atomic E-state index is 0.00425. The molecule has 26 heteroatoms. The van der Waals surface area contributed by atoms with Crippen LogP contribution in [0, 0.1) is 0 Å². The number of fused-ring (bicyclic) bond motifs is 1. The number of nitrogen functional groups attached to an aromatic ring is 1. The van der Waals surface area contributed by atoms with Crippen LogP contribution in [0.1, 0.15) is 39.3 Å². The molecule has 0 aliphatic carbocycles. The molecule has 0 spiro atoms. The number of imidazole rings is 1. The van der Waals surface area contributed by atoms with Gasteiger partial charge in [0.05, 0.1) is 19.0 Å². The lowest BCUT2D eigenvalue weighted by Gasteiger charge is -2.42. The molecule has 15 atom stereocenters. The summed E-state index contributed by atoms with van der Waals surface area (Å²) in [6, 6.07) is -2.65. The van der Waals surface area contributed by atoms with Gasteiger partial charge in [0, 0.05) is 20.0 Å². The van der Waals surface area contributed by atoms with Crippen molar-refractivity contribution in [1.82, 2.24) is 40.8 Å². The summed E-state index contributed by atoms with van der Waals surface area (Å²) >= 11 is 0. The van der Waals surface area contributed by atoms with Crippen molar-refractivity contribution in [2.75, 3.05) is 32.0 Å². The van der Waals surface area contributed by atoms with E-state index in [1.165, 1.54) is 11.5 Å². The molecule has 59 heavy (non-hydrogen) atoms. The second-order valence-electron chi connectivity index (χ2n) is 14.5. The average molecular weight is 846 g/mol. The summed E-state index contributed by atoms with van der Waals surface area (Å²) in [4.78, 5) is 73.7. The highest BCUT2D eigenvalue weighted by atomic mass is 16.7. The van der Waals surface area contributed by atoms with Crippen molar-refractivity contribution in [2.24, 2.45) is 0 Å². The Morgan fingerprint density at radius 2 is 1.64 bits per heavy atom. The predicted octanol–water partition coefficient (Wildman–Crippen LogP) is -7.96. The number of nitrogens with two attached hydrogens (primary N) is 1. The maximum Gasteiger partial charge on any atom is 0.280 e. The zero-order chi connectivity index (χ0) is 43.3. The fraction of sp³-hybridized carbons (Fsp3) is 0.727. The van der Waals surface area contributed by atoms with E-state index < -0.39 is 141 Å². The fourth-order valence-electron chi connectivity index (χ4n) is 6.91. The van der Waals surface area contributed by atoms with E-state index in [9.17, 15) is 64.8 Å². The number of hydrogen-bond donors (Lipinski definition) is 14. The number of aromatic amines is 1. The number of amides is 4. The molecule has 4 amide bonds. The maximum absolute atomic E-state index is 13.6. The zero-order valence-electron chi connectivity index (χ0n) is 31.9. The Balaban J connectivity index is 1.21. The van der Waals surface area contributed by atoms with Gasteiger partial charge in [-0.1, -0.05) is 0 Å². The Bertz CT molecular complexity index is 1850. The molecule has 2 aromatic heterocycles. The van der Waals surface area contributed by atoms with Crippen molar-refractivity contribution < 1.29 is 79.0 Å². The number of carbonyl (C=O) groups is 4. The standard InChI is InChI=1S/C33H51N9O17/c1-11-19(46)23(50)24(51)26(57-11)30(55)35-6-4-3-5-13(39-16(45)9-56-32-17(38-12(2)44)22(49)21(48)15(8-43)59-32)28(53)36-7-14-20(47)25(52)31(58-14)42-10-37-18-27(42)40-33(34)41-29(18)54/h10-11,13-15,17,19-26,31-32,43,46-52H,3-9H2,1-2H3,(H,35,55)(H,36,53)(H,38,44)(H,39,45)(H3,34,40,41,54)/t11-,13-,14+,15+,17+,19+,20+,21+,22+,23+,24-,25+,26-,31+,32+/m0/s1. The van der Waals surface area contributed by atoms with Gasteiger partial charge < -0.3 is 86.8 Å². The van der Waals surface area contributed by atoms with E-state index in [4.69, 9.17) is 24.7 Å². The summed E-state index contributed by atoms with van der Waals surface area (Å²) in [5.74, 6) is -3.29. The number of rotatable bonds is 16. The number of carbonyl (C=O) groups excluding carboxylic acids is 4. The summed E-state index contributed by atoms with van der Waals surface area (Å²) in [5, 5.41) is 92.1. The second kappa shape index (κ2) is 19.7. The van der Waals surface area contributed by atoms with Gasteiger partial charge in [0.15, 0.2) is 29.8 Å². The molecule has 0 aromatic carbocycles. The quantitative estimate of drug-likeness (QED) is 0.0698. The van der Waals surface area contributed by atoms with Crippen LogP contribution in [0.25, 0.3) is 11.2 Å². The normalized spacial score (nSPS) is 33.9. The molecule has 5 heterocycles. The molecule has 26 nitrogen and oxygen atoms in total. The van der Waals surface area contributed by atoms with E-state index >= 15 is 0 Å². The number of anilines is 1. The zero-order valence-corrected chi connectivity index (χ0v) is 31.9. The van der Waals surface area contributed by atoms with Gasteiger partial charge in [-0.15, -0.1) is 0 Å². The molecule has 0 radical (unpaired) electrons. The third kappa shape index (κ3) is 10.5. The largest absolute Gasteiger partial charge is 0.394 e. The van der Waals surface area contributed by atoms with Crippen molar-refractivity contribution in [2.45, 2.75) is 125 Å². The number of ether oxygens (including phenoxy) is 4. The molecule has 3 aliphatic heterocycles.